The quantitative estimate of drug-likeness (QED) is 0.389. The lowest BCUT2D eigenvalue weighted by Crippen LogP contribution is -2.30. The van der Waals surface area contributed by atoms with Crippen LogP contribution in [-0.2, 0) is 0 Å². The molecular formula is C18H14BrF3N6O2. The standard InChI is InChI=1S/C18H14BrF3N6O2/c19-13-4-2-1-3-12(13)17(29)28-27-16-14(23)15(24-9-25-16)26-10-5-7-11(8-6-10)30-18(20,21)22/h1-9H,23H2,(H,28,29)(H2,24,25,26,27). The van der Waals surface area contributed by atoms with E-state index in [1.807, 2.05) is 0 Å². The maximum Gasteiger partial charge on any atom is 0.573 e. The molecule has 12 heteroatoms. The minimum Gasteiger partial charge on any atom is -0.406 e. The van der Waals surface area contributed by atoms with Crippen molar-refractivity contribution in [3.8, 4) is 5.75 Å². The molecule has 0 radical (unpaired) electrons. The van der Waals surface area contributed by atoms with Crippen LogP contribution < -0.4 is 26.6 Å². The van der Waals surface area contributed by atoms with Gasteiger partial charge in [0.1, 0.15) is 17.8 Å². The fourth-order valence-corrected chi connectivity index (χ4v) is 2.76. The third kappa shape index (κ3) is 5.50. The highest BCUT2D eigenvalue weighted by molar-refractivity contribution is 9.10. The van der Waals surface area contributed by atoms with Gasteiger partial charge in [-0.05, 0) is 52.3 Å². The Morgan fingerprint density at radius 3 is 2.37 bits per heavy atom. The first-order chi connectivity index (χ1) is 14.2. The van der Waals surface area contributed by atoms with E-state index < -0.39 is 12.3 Å². The summed E-state index contributed by atoms with van der Waals surface area (Å²) in [6, 6.07) is 11.9. The lowest BCUT2D eigenvalue weighted by Gasteiger charge is -2.14. The number of hydrogen-bond donors (Lipinski definition) is 4. The lowest BCUT2D eigenvalue weighted by atomic mass is 10.2. The fourth-order valence-electron chi connectivity index (χ4n) is 2.30. The van der Waals surface area contributed by atoms with Crippen molar-refractivity contribution in [3.63, 3.8) is 0 Å². The Kier molecular flexibility index (Phi) is 6.26. The van der Waals surface area contributed by atoms with Crippen LogP contribution in [-0.4, -0.2) is 22.2 Å². The van der Waals surface area contributed by atoms with Crippen LogP contribution in [0, 0.1) is 0 Å². The average Bonchev–Trinajstić information content (AvgIpc) is 2.69. The summed E-state index contributed by atoms with van der Waals surface area (Å²) < 4.78 is 41.1. The number of nitrogens with two attached hydrogens (primary N) is 1. The van der Waals surface area contributed by atoms with E-state index in [4.69, 9.17) is 5.73 Å². The number of hydrazine groups is 1. The Hall–Kier alpha value is -3.54. The zero-order valence-corrected chi connectivity index (χ0v) is 16.6. The van der Waals surface area contributed by atoms with Gasteiger partial charge in [0.2, 0.25) is 0 Å². The highest BCUT2D eigenvalue weighted by atomic mass is 79.9. The highest BCUT2D eigenvalue weighted by Crippen LogP contribution is 2.28. The van der Waals surface area contributed by atoms with Crippen LogP contribution in [0.25, 0.3) is 0 Å². The van der Waals surface area contributed by atoms with Gasteiger partial charge in [0.15, 0.2) is 11.6 Å². The van der Waals surface area contributed by atoms with E-state index in [1.54, 1.807) is 24.3 Å². The van der Waals surface area contributed by atoms with E-state index in [9.17, 15) is 18.0 Å². The number of ether oxygens (including phenoxy) is 1. The molecular weight excluding hydrogens is 469 g/mol. The third-order valence-electron chi connectivity index (χ3n) is 3.65. The molecule has 156 valence electrons. The molecule has 0 bridgehead atoms. The fraction of sp³-hybridized carbons (Fsp3) is 0.0556. The van der Waals surface area contributed by atoms with Crippen molar-refractivity contribution in [3.05, 3.63) is 64.9 Å². The van der Waals surface area contributed by atoms with Crippen LogP contribution in [0.4, 0.5) is 36.2 Å². The summed E-state index contributed by atoms with van der Waals surface area (Å²) in [5, 5.41) is 2.86. The van der Waals surface area contributed by atoms with E-state index in [1.165, 1.54) is 18.5 Å². The third-order valence-corrected chi connectivity index (χ3v) is 4.34. The van der Waals surface area contributed by atoms with E-state index in [0.717, 1.165) is 12.1 Å². The molecule has 0 spiro atoms. The number of carbonyl (C=O) groups is 1. The van der Waals surface area contributed by atoms with Crippen molar-refractivity contribution in [2.24, 2.45) is 0 Å². The topological polar surface area (TPSA) is 114 Å². The predicted molar refractivity (Wildman–Crippen MR) is 108 cm³/mol. The van der Waals surface area contributed by atoms with E-state index in [2.05, 4.69) is 46.8 Å². The molecule has 0 atom stereocenters. The number of alkyl halides is 3. The Balaban J connectivity index is 1.68. The van der Waals surface area contributed by atoms with Gasteiger partial charge in [-0.3, -0.25) is 15.6 Å². The first kappa shape index (κ1) is 21.2. The van der Waals surface area contributed by atoms with Crippen LogP contribution in [0.15, 0.2) is 59.3 Å². The number of benzene rings is 2. The van der Waals surface area contributed by atoms with Crippen molar-refractivity contribution in [1.82, 2.24) is 15.4 Å². The van der Waals surface area contributed by atoms with Gasteiger partial charge in [-0.2, -0.15) is 0 Å². The zero-order valence-electron chi connectivity index (χ0n) is 15.0. The summed E-state index contributed by atoms with van der Waals surface area (Å²) in [5.74, 6) is -0.465. The summed E-state index contributed by atoms with van der Waals surface area (Å²) in [4.78, 5) is 20.2. The Bertz CT molecular complexity index is 1050. The molecule has 0 aliphatic heterocycles. The molecule has 8 nitrogen and oxygen atoms in total. The number of aromatic nitrogens is 2. The number of nitrogens with zero attached hydrogens (tertiary/aromatic N) is 2. The number of nitrogens with one attached hydrogen (secondary N) is 3. The minimum absolute atomic E-state index is 0.0838. The molecule has 0 saturated carbocycles. The van der Waals surface area contributed by atoms with Crippen molar-refractivity contribution >= 4 is 44.8 Å². The maximum atomic E-state index is 12.3. The number of anilines is 4. The molecule has 5 N–H and O–H groups in total. The Labute approximate surface area is 176 Å². The summed E-state index contributed by atoms with van der Waals surface area (Å²) in [5.41, 5.74) is 12.0. The summed E-state index contributed by atoms with van der Waals surface area (Å²) in [6.45, 7) is 0. The SMILES string of the molecule is Nc1c(NNC(=O)c2ccccc2Br)ncnc1Nc1ccc(OC(F)(F)F)cc1. The van der Waals surface area contributed by atoms with Crippen molar-refractivity contribution in [1.29, 1.82) is 0 Å². The number of halogens is 4. The Morgan fingerprint density at radius 1 is 1.03 bits per heavy atom. The molecule has 1 aromatic heterocycles. The summed E-state index contributed by atoms with van der Waals surface area (Å²) in [6.07, 6.45) is -3.57. The predicted octanol–water partition coefficient (Wildman–Crippen LogP) is 4.22. The van der Waals surface area contributed by atoms with Crippen molar-refractivity contribution in [2.45, 2.75) is 6.36 Å². The van der Waals surface area contributed by atoms with Crippen molar-refractivity contribution < 1.29 is 22.7 Å². The smallest absolute Gasteiger partial charge is 0.406 e. The second-order valence-corrected chi connectivity index (χ2v) is 6.60. The normalized spacial score (nSPS) is 10.9. The lowest BCUT2D eigenvalue weighted by molar-refractivity contribution is -0.274. The van der Waals surface area contributed by atoms with Crippen LogP contribution in [0.3, 0.4) is 0 Å². The Morgan fingerprint density at radius 2 is 1.70 bits per heavy atom. The van der Waals surface area contributed by atoms with Gasteiger partial charge in [0, 0.05) is 10.2 Å². The molecule has 0 fully saturated rings. The number of carbonyl (C=O) groups excluding carboxylic acids is 1. The first-order valence-corrected chi connectivity index (χ1v) is 9.06. The average molecular weight is 483 g/mol. The van der Waals surface area contributed by atoms with Gasteiger partial charge in [-0.25, -0.2) is 9.97 Å². The highest BCUT2D eigenvalue weighted by Gasteiger charge is 2.30. The molecule has 0 saturated heterocycles. The molecule has 0 aliphatic carbocycles. The largest absolute Gasteiger partial charge is 0.573 e. The van der Waals surface area contributed by atoms with Crippen LogP contribution >= 0.6 is 15.9 Å². The maximum absolute atomic E-state index is 12.3. The van der Waals surface area contributed by atoms with E-state index in [0.29, 0.717) is 15.7 Å². The van der Waals surface area contributed by atoms with Crippen LogP contribution in [0.1, 0.15) is 10.4 Å². The number of rotatable bonds is 6. The number of hydrogen-bond acceptors (Lipinski definition) is 7. The van der Waals surface area contributed by atoms with Gasteiger partial charge < -0.3 is 15.8 Å². The monoisotopic (exact) mass is 482 g/mol. The van der Waals surface area contributed by atoms with Crippen LogP contribution in [0.2, 0.25) is 0 Å². The first-order valence-electron chi connectivity index (χ1n) is 8.27. The van der Waals surface area contributed by atoms with Gasteiger partial charge in [-0.15, -0.1) is 13.2 Å². The zero-order chi connectivity index (χ0) is 21.7. The number of nitrogen functional groups attached to an aromatic ring is 1. The molecule has 1 heterocycles. The number of amides is 1. The minimum atomic E-state index is -4.77. The molecule has 3 rings (SSSR count). The van der Waals surface area contributed by atoms with Gasteiger partial charge in [0.05, 0.1) is 5.56 Å². The second kappa shape index (κ2) is 8.86. The molecule has 0 unspecified atom stereocenters. The summed E-state index contributed by atoms with van der Waals surface area (Å²) >= 11 is 3.29. The van der Waals surface area contributed by atoms with E-state index >= 15 is 0 Å². The molecule has 0 aliphatic rings. The summed E-state index contributed by atoms with van der Waals surface area (Å²) in [7, 11) is 0. The molecule has 2 aromatic carbocycles. The second-order valence-electron chi connectivity index (χ2n) is 5.74. The molecule has 30 heavy (non-hydrogen) atoms. The van der Waals surface area contributed by atoms with Crippen molar-refractivity contribution in [2.75, 3.05) is 16.5 Å². The molecule has 1 amide bonds. The van der Waals surface area contributed by atoms with Gasteiger partial charge >= 0.3 is 6.36 Å². The van der Waals surface area contributed by atoms with Gasteiger partial charge in [-0.1, -0.05) is 12.1 Å². The van der Waals surface area contributed by atoms with E-state index in [-0.39, 0.29) is 23.1 Å². The van der Waals surface area contributed by atoms with Gasteiger partial charge in [0.25, 0.3) is 5.91 Å². The molecule has 3 aromatic rings. The van der Waals surface area contributed by atoms with Crippen LogP contribution in [0.5, 0.6) is 5.75 Å².